The first-order valence-electron chi connectivity index (χ1n) is 7.19. The number of nitrogens with two attached hydrogens (primary N) is 1. The second-order valence-electron chi connectivity index (χ2n) is 5.55. The molecule has 7 heteroatoms. The van der Waals surface area contributed by atoms with Crippen LogP contribution in [-0.4, -0.2) is 59.7 Å². The van der Waals surface area contributed by atoms with Gasteiger partial charge in [-0.1, -0.05) is 0 Å². The van der Waals surface area contributed by atoms with Crippen molar-refractivity contribution in [1.29, 1.82) is 0 Å². The fourth-order valence-corrected chi connectivity index (χ4v) is 2.71. The minimum absolute atomic E-state index is 0.0110. The predicted molar refractivity (Wildman–Crippen MR) is 77.0 cm³/mol. The summed E-state index contributed by atoms with van der Waals surface area (Å²) >= 11 is 0. The number of rotatable bonds is 2. The first-order chi connectivity index (χ1) is 10.1. The van der Waals surface area contributed by atoms with Gasteiger partial charge >= 0.3 is 6.09 Å². The van der Waals surface area contributed by atoms with E-state index >= 15 is 0 Å². The van der Waals surface area contributed by atoms with Crippen LogP contribution in [0, 0.1) is 0 Å². The number of nitrogens with zero attached hydrogens (tertiary/aromatic N) is 3. The zero-order valence-corrected chi connectivity index (χ0v) is 12.1. The lowest BCUT2D eigenvalue weighted by molar-refractivity contribution is 0.0590. The van der Waals surface area contributed by atoms with E-state index in [1.165, 1.54) is 7.11 Å². The fraction of sp³-hybridized carbons (Fsp3) is 0.571. The highest BCUT2D eigenvalue weighted by molar-refractivity contribution is 5.94. The van der Waals surface area contributed by atoms with E-state index in [1.54, 1.807) is 15.9 Å². The molecular formula is C14H20N4O3. The summed E-state index contributed by atoms with van der Waals surface area (Å²) in [6.45, 7) is 2.03. The van der Waals surface area contributed by atoms with Gasteiger partial charge in [0, 0.05) is 38.4 Å². The predicted octanol–water partition coefficient (Wildman–Crippen LogP) is 0.929. The molecule has 1 saturated heterocycles. The van der Waals surface area contributed by atoms with Gasteiger partial charge in [-0.15, -0.1) is 0 Å². The molecule has 2 fully saturated rings. The van der Waals surface area contributed by atoms with Gasteiger partial charge in [-0.3, -0.25) is 4.79 Å². The van der Waals surface area contributed by atoms with Crippen LogP contribution in [0.5, 0.6) is 0 Å². The maximum absolute atomic E-state index is 12.6. The molecular weight excluding hydrogens is 272 g/mol. The largest absolute Gasteiger partial charge is 0.453 e. The highest BCUT2D eigenvalue weighted by Crippen LogP contribution is 2.37. The lowest BCUT2D eigenvalue weighted by Gasteiger charge is -2.33. The van der Waals surface area contributed by atoms with E-state index < -0.39 is 0 Å². The SMILES string of the molecule is COC(=O)N1CCN(C(=O)c2cc(N)cn2C2CC2)CC1. The van der Waals surface area contributed by atoms with Crippen molar-refractivity contribution < 1.29 is 14.3 Å². The standard InChI is InChI=1S/C14H20N4O3/c1-21-14(20)17-6-4-16(5-7-17)13(19)12-8-10(15)9-18(12)11-2-3-11/h8-9,11H,2-7,15H2,1H3. The molecule has 114 valence electrons. The molecule has 7 nitrogen and oxygen atoms in total. The second-order valence-corrected chi connectivity index (χ2v) is 5.55. The van der Waals surface area contributed by atoms with Gasteiger partial charge in [0.2, 0.25) is 0 Å². The van der Waals surface area contributed by atoms with Crippen LogP contribution in [0.1, 0.15) is 29.4 Å². The van der Waals surface area contributed by atoms with Crippen LogP contribution in [0.25, 0.3) is 0 Å². The number of hydrogen-bond acceptors (Lipinski definition) is 4. The molecule has 1 aliphatic heterocycles. The van der Waals surface area contributed by atoms with Gasteiger partial charge in [-0.2, -0.15) is 0 Å². The minimum Gasteiger partial charge on any atom is -0.453 e. The Morgan fingerprint density at radius 1 is 1.19 bits per heavy atom. The molecule has 0 atom stereocenters. The monoisotopic (exact) mass is 292 g/mol. The fourth-order valence-electron chi connectivity index (χ4n) is 2.71. The Morgan fingerprint density at radius 2 is 1.81 bits per heavy atom. The van der Waals surface area contributed by atoms with Crippen LogP contribution in [0.3, 0.4) is 0 Å². The third-order valence-electron chi connectivity index (χ3n) is 4.03. The minimum atomic E-state index is -0.340. The highest BCUT2D eigenvalue weighted by Gasteiger charge is 2.31. The number of anilines is 1. The average Bonchev–Trinajstić information content (AvgIpc) is 3.28. The second kappa shape index (κ2) is 5.31. The van der Waals surface area contributed by atoms with E-state index in [-0.39, 0.29) is 12.0 Å². The van der Waals surface area contributed by atoms with Crippen molar-refractivity contribution in [2.24, 2.45) is 0 Å². The Morgan fingerprint density at radius 3 is 2.38 bits per heavy atom. The van der Waals surface area contributed by atoms with E-state index in [4.69, 9.17) is 10.5 Å². The highest BCUT2D eigenvalue weighted by atomic mass is 16.5. The van der Waals surface area contributed by atoms with E-state index in [0.717, 1.165) is 12.8 Å². The number of hydrogen-bond donors (Lipinski definition) is 1. The van der Waals surface area contributed by atoms with Gasteiger partial charge in [0.25, 0.3) is 5.91 Å². The molecule has 1 aromatic rings. The number of carbonyl (C=O) groups excluding carboxylic acids is 2. The number of piperazine rings is 1. The van der Waals surface area contributed by atoms with E-state index in [2.05, 4.69) is 0 Å². The summed E-state index contributed by atoms with van der Waals surface area (Å²) in [5.74, 6) is -0.0110. The van der Waals surface area contributed by atoms with E-state index in [0.29, 0.717) is 43.6 Å². The van der Waals surface area contributed by atoms with Crippen molar-refractivity contribution in [3.63, 3.8) is 0 Å². The van der Waals surface area contributed by atoms with Crippen LogP contribution in [-0.2, 0) is 4.74 Å². The maximum Gasteiger partial charge on any atom is 0.409 e. The van der Waals surface area contributed by atoms with Crippen LogP contribution < -0.4 is 5.73 Å². The zero-order chi connectivity index (χ0) is 15.0. The van der Waals surface area contributed by atoms with Gasteiger partial charge in [0.1, 0.15) is 5.69 Å². The summed E-state index contributed by atoms with van der Waals surface area (Å²) < 4.78 is 6.69. The summed E-state index contributed by atoms with van der Waals surface area (Å²) in [6.07, 6.45) is 3.71. The van der Waals surface area contributed by atoms with Crippen LogP contribution >= 0.6 is 0 Å². The number of nitrogen functional groups attached to an aromatic ring is 1. The average molecular weight is 292 g/mol. The Balaban J connectivity index is 1.68. The summed E-state index contributed by atoms with van der Waals surface area (Å²) in [4.78, 5) is 27.5. The molecule has 2 heterocycles. The normalized spacial score (nSPS) is 18.7. The quantitative estimate of drug-likeness (QED) is 0.879. The molecule has 1 saturated carbocycles. The van der Waals surface area contributed by atoms with Crippen molar-refractivity contribution in [2.75, 3.05) is 39.0 Å². The van der Waals surface area contributed by atoms with Gasteiger partial charge in [-0.25, -0.2) is 4.79 Å². The third-order valence-corrected chi connectivity index (χ3v) is 4.03. The molecule has 2 aliphatic rings. The van der Waals surface area contributed by atoms with Crippen molar-refractivity contribution in [3.05, 3.63) is 18.0 Å². The van der Waals surface area contributed by atoms with Gasteiger partial charge in [0.15, 0.2) is 0 Å². The molecule has 0 aromatic carbocycles. The van der Waals surface area contributed by atoms with Crippen LogP contribution in [0.15, 0.2) is 12.3 Å². The van der Waals surface area contributed by atoms with Gasteiger partial charge in [-0.05, 0) is 18.9 Å². The molecule has 0 unspecified atom stereocenters. The Bertz CT molecular complexity index is 557. The van der Waals surface area contributed by atoms with E-state index in [1.807, 2.05) is 10.8 Å². The number of aromatic nitrogens is 1. The Kier molecular flexibility index (Phi) is 3.48. The topological polar surface area (TPSA) is 80.8 Å². The molecule has 0 spiro atoms. The zero-order valence-electron chi connectivity index (χ0n) is 12.1. The first-order valence-corrected chi connectivity index (χ1v) is 7.19. The molecule has 0 radical (unpaired) electrons. The van der Waals surface area contributed by atoms with Gasteiger partial charge < -0.3 is 24.8 Å². The van der Waals surface area contributed by atoms with Crippen molar-refractivity contribution in [3.8, 4) is 0 Å². The molecule has 1 aromatic heterocycles. The molecule has 3 rings (SSSR count). The summed E-state index contributed by atoms with van der Waals surface area (Å²) in [6, 6.07) is 2.16. The smallest absolute Gasteiger partial charge is 0.409 e. The lowest BCUT2D eigenvalue weighted by atomic mass is 10.2. The first kappa shape index (κ1) is 13.8. The number of methoxy groups -OCH3 is 1. The van der Waals surface area contributed by atoms with Crippen molar-refractivity contribution in [1.82, 2.24) is 14.4 Å². The van der Waals surface area contributed by atoms with Crippen LogP contribution in [0.2, 0.25) is 0 Å². The third kappa shape index (κ3) is 2.68. The number of amides is 2. The molecule has 2 amide bonds. The summed E-state index contributed by atoms with van der Waals surface area (Å²) in [5, 5.41) is 0. The Labute approximate surface area is 123 Å². The molecule has 21 heavy (non-hydrogen) atoms. The Hall–Kier alpha value is -2.18. The maximum atomic E-state index is 12.6. The molecule has 0 bridgehead atoms. The molecule has 1 aliphatic carbocycles. The lowest BCUT2D eigenvalue weighted by Crippen LogP contribution is -2.50. The van der Waals surface area contributed by atoms with E-state index in [9.17, 15) is 9.59 Å². The summed E-state index contributed by atoms with van der Waals surface area (Å²) in [7, 11) is 1.37. The van der Waals surface area contributed by atoms with Crippen LogP contribution in [0.4, 0.5) is 10.5 Å². The molecule has 2 N–H and O–H groups in total. The van der Waals surface area contributed by atoms with Crippen molar-refractivity contribution >= 4 is 17.7 Å². The van der Waals surface area contributed by atoms with Gasteiger partial charge in [0.05, 0.1) is 12.8 Å². The summed E-state index contributed by atoms with van der Waals surface area (Å²) in [5.41, 5.74) is 7.11. The number of carbonyl (C=O) groups is 2. The number of ether oxygens (including phenoxy) is 1. The van der Waals surface area contributed by atoms with Crippen molar-refractivity contribution in [2.45, 2.75) is 18.9 Å².